The molecule has 3 aromatic carbocycles. The van der Waals surface area contributed by atoms with Crippen molar-refractivity contribution in [3.05, 3.63) is 102 Å². The molecule has 3 aromatic rings. The van der Waals surface area contributed by atoms with Gasteiger partial charge in [-0.3, -0.25) is 10.1 Å². The van der Waals surface area contributed by atoms with Gasteiger partial charge in [0.15, 0.2) is 0 Å². The number of rotatable bonds is 9. The third kappa shape index (κ3) is 9.75. The molecule has 0 aliphatic carbocycles. The Hall–Kier alpha value is -2.35. The van der Waals surface area contributed by atoms with E-state index in [0.717, 1.165) is 68.4 Å². The molecule has 1 heterocycles. The van der Waals surface area contributed by atoms with E-state index in [1.165, 1.54) is 5.70 Å². The summed E-state index contributed by atoms with van der Waals surface area (Å²) in [7, 11) is 2.11. The molecule has 1 aliphatic heterocycles. The maximum atomic E-state index is 10.8. The fourth-order valence-electron chi connectivity index (χ4n) is 4.42. The maximum Gasteiger partial charge on any atom is 0.150 e. The van der Waals surface area contributed by atoms with Crippen LogP contribution in [0.2, 0.25) is 0 Å². The summed E-state index contributed by atoms with van der Waals surface area (Å²) in [4.78, 5) is 19.9. The molecule has 0 atom stereocenters. The van der Waals surface area contributed by atoms with Gasteiger partial charge in [0, 0.05) is 77.2 Å². The molecule has 6 nitrogen and oxygen atoms in total. The fourth-order valence-corrected chi connectivity index (χ4v) is 4.42. The molecule has 38 heavy (non-hydrogen) atoms. The van der Waals surface area contributed by atoms with Crippen molar-refractivity contribution in [3.63, 3.8) is 0 Å². The zero-order valence-corrected chi connectivity index (χ0v) is 25.3. The normalized spacial score (nSPS) is 14.1. The second kappa shape index (κ2) is 17.3. The van der Waals surface area contributed by atoms with Gasteiger partial charge in [-0.15, -0.1) is 5.69 Å². The van der Waals surface area contributed by atoms with Gasteiger partial charge in [0.1, 0.15) is 6.29 Å². The number of nitrogens with zero attached hydrogens (tertiary/aromatic N) is 2. The summed E-state index contributed by atoms with van der Waals surface area (Å²) in [6, 6.07) is 25.4. The SMILES string of the molecule is CC/C=C(/c1ccc(C=O)cc1)N(C)CCN1CCC(OO)CC1.[NH-]c1ccccc1-c1ccccc1.[Y]. The number of hydrogen-bond acceptors (Lipinski definition) is 5. The monoisotopic (exact) mass is 589 g/mol. The third-order valence-electron chi connectivity index (χ3n) is 6.60. The summed E-state index contributed by atoms with van der Waals surface area (Å²) in [6.45, 7) is 5.97. The van der Waals surface area contributed by atoms with E-state index in [2.05, 4.69) is 34.7 Å². The average Bonchev–Trinajstić information content (AvgIpc) is 2.96. The minimum Gasteiger partial charge on any atom is -0.698 e. The maximum absolute atomic E-state index is 10.8. The second-order valence-corrected chi connectivity index (χ2v) is 9.22. The molecule has 0 unspecified atom stereocenters. The van der Waals surface area contributed by atoms with Crippen molar-refractivity contribution < 1.29 is 47.6 Å². The zero-order valence-electron chi connectivity index (χ0n) is 22.4. The van der Waals surface area contributed by atoms with Crippen molar-refractivity contribution in [1.82, 2.24) is 9.80 Å². The van der Waals surface area contributed by atoms with Crippen LogP contribution in [0.5, 0.6) is 0 Å². The van der Waals surface area contributed by atoms with Crippen LogP contribution in [0.1, 0.15) is 42.1 Å². The van der Waals surface area contributed by atoms with E-state index in [0.29, 0.717) is 11.3 Å². The van der Waals surface area contributed by atoms with Crippen LogP contribution in [0.3, 0.4) is 0 Å². The van der Waals surface area contributed by atoms with E-state index in [9.17, 15) is 4.79 Å². The number of carbonyl (C=O) groups is 1. The second-order valence-electron chi connectivity index (χ2n) is 9.22. The zero-order chi connectivity index (χ0) is 26.5. The molecule has 7 heteroatoms. The fraction of sp³-hybridized carbons (Fsp3) is 0.323. The van der Waals surface area contributed by atoms with Crippen LogP contribution in [0.4, 0.5) is 5.69 Å². The Labute approximate surface area is 252 Å². The Balaban J connectivity index is 0.000000305. The van der Waals surface area contributed by atoms with E-state index < -0.39 is 0 Å². The summed E-state index contributed by atoms with van der Waals surface area (Å²) in [5.74, 6) is 0. The molecule has 0 saturated carbocycles. The largest absolute Gasteiger partial charge is 0.698 e. The minimum atomic E-state index is -0.00846. The number of piperidine rings is 1. The predicted molar refractivity (Wildman–Crippen MR) is 152 cm³/mol. The van der Waals surface area contributed by atoms with Crippen LogP contribution in [-0.2, 0) is 37.6 Å². The average molecular weight is 590 g/mol. The standard InChI is InChI=1S/C19H28N2O3.C12H10N.Y/c1-3-4-19(17-7-5-16(15-22)6-8-17)20(2)13-14-21-11-9-18(24-23)10-12-21;13-12-9-5-4-8-11(12)10-6-2-1-3-7-10;/h4-8,15,18,23H,3,9-14H2,1-2H3;1-9,13H;/q;-1;/b19-4-;;. The van der Waals surface area contributed by atoms with Crippen LogP contribution in [0.25, 0.3) is 22.6 Å². The molecular weight excluding hydrogens is 551 g/mol. The first kappa shape index (κ1) is 31.9. The molecule has 0 bridgehead atoms. The number of nitrogens with one attached hydrogen (secondary N) is 1. The molecule has 4 rings (SSSR count). The van der Waals surface area contributed by atoms with Gasteiger partial charge >= 0.3 is 0 Å². The summed E-state index contributed by atoms with van der Waals surface area (Å²) in [6.07, 6.45) is 5.81. The van der Waals surface area contributed by atoms with E-state index in [1.54, 1.807) is 0 Å². The van der Waals surface area contributed by atoms with Gasteiger partial charge in [0.05, 0.1) is 6.10 Å². The Kier molecular flexibility index (Phi) is 14.5. The molecule has 1 radical (unpaired) electrons. The molecular formula is C31H38N3O3Y-. The summed E-state index contributed by atoms with van der Waals surface area (Å²) < 4.78 is 0. The molecule has 2 N–H and O–H groups in total. The van der Waals surface area contributed by atoms with Crippen molar-refractivity contribution in [2.24, 2.45) is 0 Å². The number of likely N-dealkylation sites (tertiary alicyclic amines) is 1. The van der Waals surface area contributed by atoms with Crippen LogP contribution in [-0.4, -0.2) is 60.7 Å². The molecule has 1 aliphatic rings. The van der Waals surface area contributed by atoms with Crippen molar-refractivity contribution in [3.8, 4) is 11.1 Å². The van der Waals surface area contributed by atoms with E-state index >= 15 is 0 Å². The van der Waals surface area contributed by atoms with Crippen LogP contribution in [0, 0.1) is 0 Å². The molecule has 1 fully saturated rings. The molecule has 1 saturated heterocycles. The van der Waals surface area contributed by atoms with Gasteiger partial charge in [0.2, 0.25) is 0 Å². The van der Waals surface area contributed by atoms with Crippen molar-refractivity contribution in [2.75, 3.05) is 33.2 Å². The number of allylic oxidation sites excluding steroid dienone is 1. The first-order chi connectivity index (χ1) is 18.0. The molecule has 0 aromatic heterocycles. The summed E-state index contributed by atoms with van der Waals surface area (Å²) in [5.41, 5.74) is 13.4. The number of likely N-dealkylation sites (N-methyl/N-ethyl adjacent to an activating group) is 1. The van der Waals surface area contributed by atoms with Crippen LogP contribution in [0.15, 0.2) is 84.9 Å². The minimum absolute atomic E-state index is 0. The van der Waals surface area contributed by atoms with E-state index in [1.807, 2.05) is 78.9 Å². The van der Waals surface area contributed by atoms with E-state index in [4.69, 9.17) is 11.0 Å². The van der Waals surface area contributed by atoms with Gasteiger partial charge in [-0.2, -0.15) is 0 Å². The Morgan fingerprint density at radius 2 is 1.66 bits per heavy atom. The smallest absolute Gasteiger partial charge is 0.150 e. The van der Waals surface area contributed by atoms with Crippen molar-refractivity contribution in [1.29, 1.82) is 0 Å². The van der Waals surface area contributed by atoms with Gasteiger partial charge in [-0.05, 0) is 36.0 Å². The quantitative estimate of drug-likeness (QED) is 0.163. The predicted octanol–water partition coefficient (Wildman–Crippen LogP) is 7.17. The molecule has 0 amide bonds. The van der Waals surface area contributed by atoms with Crippen LogP contribution >= 0.6 is 0 Å². The van der Waals surface area contributed by atoms with Gasteiger partial charge in [0.25, 0.3) is 0 Å². The van der Waals surface area contributed by atoms with Gasteiger partial charge < -0.3 is 15.5 Å². The first-order valence-corrected chi connectivity index (χ1v) is 12.9. The van der Waals surface area contributed by atoms with Gasteiger partial charge in [-0.1, -0.05) is 91.9 Å². The number of benzene rings is 3. The third-order valence-corrected chi connectivity index (χ3v) is 6.60. The number of carbonyl (C=O) groups excluding carboxylic acids is 1. The van der Waals surface area contributed by atoms with Crippen molar-refractivity contribution in [2.45, 2.75) is 32.3 Å². The Morgan fingerprint density at radius 3 is 2.24 bits per heavy atom. The van der Waals surface area contributed by atoms with Crippen LogP contribution < -0.4 is 0 Å². The van der Waals surface area contributed by atoms with E-state index in [-0.39, 0.29) is 38.8 Å². The number of hydrogen-bond donors (Lipinski definition) is 1. The molecule has 199 valence electrons. The Morgan fingerprint density at radius 1 is 1.03 bits per heavy atom. The summed E-state index contributed by atoms with van der Waals surface area (Å²) >= 11 is 0. The van der Waals surface area contributed by atoms with Crippen molar-refractivity contribution >= 4 is 17.7 Å². The number of aldehydes is 1. The topological polar surface area (TPSA) is 76.8 Å². The molecule has 0 spiro atoms. The van der Waals surface area contributed by atoms with Gasteiger partial charge in [-0.25, -0.2) is 4.89 Å². The summed E-state index contributed by atoms with van der Waals surface area (Å²) in [5, 5.41) is 8.73. The Bertz CT molecular complexity index is 1110. The first-order valence-electron chi connectivity index (χ1n) is 12.9.